The minimum absolute atomic E-state index is 0.161. The van der Waals surface area contributed by atoms with Gasteiger partial charge in [-0.05, 0) is 66.9 Å². The highest BCUT2D eigenvalue weighted by Gasteiger charge is 2.10. The molecule has 0 aliphatic carbocycles. The van der Waals surface area contributed by atoms with Crippen LogP contribution >= 0.6 is 23.2 Å². The summed E-state index contributed by atoms with van der Waals surface area (Å²) >= 11 is 12.1. The van der Waals surface area contributed by atoms with Crippen molar-refractivity contribution in [1.29, 1.82) is 0 Å². The van der Waals surface area contributed by atoms with Crippen molar-refractivity contribution >= 4 is 40.7 Å². The molecule has 0 atom stereocenters. The summed E-state index contributed by atoms with van der Waals surface area (Å²) in [4.78, 5) is 24.5. The molecule has 0 bridgehead atoms. The van der Waals surface area contributed by atoms with E-state index in [2.05, 4.69) is 10.6 Å². The van der Waals surface area contributed by atoms with Crippen LogP contribution in [-0.2, 0) is 11.3 Å². The largest absolute Gasteiger partial charge is 0.484 e. The van der Waals surface area contributed by atoms with Crippen LogP contribution in [0.3, 0.4) is 0 Å². The third-order valence-corrected chi connectivity index (χ3v) is 5.70. The highest BCUT2D eigenvalue weighted by Crippen LogP contribution is 2.25. The first-order chi connectivity index (χ1) is 14.8. The Bertz CT molecular complexity index is 1100. The quantitative estimate of drug-likeness (QED) is 0.488. The predicted molar refractivity (Wildman–Crippen MR) is 124 cm³/mol. The molecule has 0 spiro atoms. The Morgan fingerprint density at radius 1 is 0.935 bits per heavy atom. The summed E-state index contributed by atoms with van der Waals surface area (Å²) in [5.74, 6) is -0.0246. The van der Waals surface area contributed by atoms with Crippen LogP contribution in [0, 0.1) is 13.8 Å². The molecule has 0 heterocycles. The second kappa shape index (κ2) is 10.3. The fourth-order valence-electron chi connectivity index (χ4n) is 2.86. The van der Waals surface area contributed by atoms with Gasteiger partial charge >= 0.3 is 0 Å². The van der Waals surface area contributed by atoms with Crippen LogP contribution in [0.2, 0.25) is 10.0 Å². The fraction of sp³-hybridized carbons (Fsp3) is 0.167. The van der Waals surface area contributed by atoms with Crippen LogP contribution in [0.15, 0.2) is 60.7 Å². The van der Waals surface area contributed by atoms with Gasteiger partial charge in [0, 0.05) is 17.8 Å². The molecule has 0 saturated carbocycles. The SMILES string of the molecule is Cc1cccc(NC(=O)c2ccc(OCC(=O)NCc3cccc(Cl)c3Cl)cc2)c1C. The van der Waals surface area contributed by atoms with Gasteiger partial charge in [-0.25, -0.2) is 0 Å². The monoisotopic (exact) mass is 456 g/mol. The predicted octanol–water partition coefficient (Wildman–Crippen LogP) is 5.56. The van der Waals surface area contributed by atoms with Gasteiger partial charge in [0.2, 0.25) is 0 Å². The Balaban J connectivity index is 1.51. The smallest absolute Gasteiger partial charge is 0.258 e. The second-order valence-electron chi connectivity index (χ2n) is 7.00. The third-order valence-electron chi connectivity index (χ3n) is 4.85. The third kappa shape index (κ3) is 6.00. The molecule has 3 aromatic rings. The van der Waals surface area contributed by atoms with E-state index >= 15 is 0 Å². The Morgan fingerprint density at radius 3 is 2.39 bits per heavy atom. The van der Waals surface area contributed by atoms with Gasteiger partial charge in [-0.1, -0.05) is 47.5 Å². The Morgan fingerprint density at radius 2 is 1.65 bits per heavy atom. The lowest BCUT2D eigenvalue weighted by Gasteiger charge is -2.11. The maximum absolute atomic E-state index is 12.5. The van der Waals surface area contributed by atoms with Crippen LogP contribution in [0.5, 0.6) is 5.75 Å². The van der Waals surface area contributed by atoms with E-state index in [1.807, 2.05) is 32.0 Å². The lowest BCUT2D eigenvalue weighted by atomic mass is 10.1. The first kappa shape index (κ1) is 22.7. The molecule has 0 aromatic heterocycles. The molecule has 31 heavy (non-hydrogen) atoms. The lowest BCUT2D eigenvalue weighted by molar-refractivity contribution is -0.123. The number of ether oxygens (including phenoxy) is 1. The van der Waals surface area contributed by atoms with Gasteiger partial charge < -0.3 is 15.4 Å². The van der Waals surface area contributed by atoms with E-state index in [9.17, 15) is 9.59 Å². The highest BCUT2D eigenvalue weighted by molar-refractivity contribution is 6.42. The minimum Gasteiger partial charge on any atom is -0.484 e. The van der Waals surface area contributed by atoms with E-state index in [1.165, 1.54) is 0 Å². The van der Waals surface area contributed by atoms with Crippen molar-refractivity contribution in [2.45, 2.75) is 20.4 Å². The number of carbonyl (C=O) groups is 2. The maximum atomic E-state index is 12.5. The fourth-order valence-corrected chi connectivity index (χ4v) is 3.25. The van der Waals surface area contributed by atoms with Crippen molar-refractivity contribution in [3.05, 3.63) is 93.0 Å². The van der Waals surface area contributed by atoms with Gasteiger partial charge in [0.15, 0.2) is 6.61 Å². The summed E-state index contributed by atoms with van der Waals surface area (Å²) in [7, 11) is 0. The molecule has 0 radical (unpaired) electrons. The molecule has 3 aromatic carbocycles. The number of aryl methyl sites for hydroxylation is 1. The zero-order valence-electron chi connectivity index (χ0n) is 17.2. The number of benzene rings is 3. The number of anilines is 1. The molecule has 3 rings (SSSR count). The molecular weight excluding hydrogens is 435 g/mol. The normalized spacial score (nSPS) is 10.5. The molecule has 0 unspecified atom stereocenters. The number of rotatable bonds is 7. The minimum atomic E-state index is -0.298. The summed E-state index contributed by atoms with van der Waals surface area (Å²) in [6, 6.07) is 17.6. The number of halogens is 2. The van der Waals surface area contributed by atoms with Gasteiger partial charge in [0.1, 0.15) is 5.75 Å². The van der Waals surface area contributed by atoms with Crippen molar-refractivity contribution < 1.29 is 14.3 Å². The van der Waals surface area contributed by atoms with E-state index < -0.39 is 0 Å². The summed E-state index contributed by atoms with van der Waals surface area (Å²) < 4.78 is 5.50. The number of amides is 2. The zero-order valence-corrected chi connectivity index (χ0v) is 18.7. The molecule has 7 heteroatoms. The number of nitrogens with one attached hydrogen (secondary N) is 2. The van der Waals surface area contributed by atoms with Gasteiger partial charge in [-0.2, -0.15) is 0 Å². The van der Waals surface area contributed by atoms with Crippen LogP contribution in [0.4, 0.5) is 5.69 Å². The maximum Gasteiger partial charge on any atom is 0.258 e. The molecule has 0 aliphatic heterocycles. The van der Waals surface area contributed by atoms with Gasteiger partial charge in [-0.15, -0.1) is 0 Å². The van der Waals surface area contributed by atoms with E-state index in [0.717, 1.165) is 22.4 Å². The average Bonchev–Trinajstić information content (AvgIpc) is 2.76. The average molecular weight is 457 g/mol. The van der Waals surface area contributed by atoms with Gasteiger partial charge in [-0.3, -0.25) is 9.59 Å². The standard InChI is InChI=1S/C24H22Cl2N2O3/c1-15-5-3-8-21(16(15)2)28-24(30)17-9-11-19(12-10-17)31-14-22(29)27-13-18-6-4-7-20(25)23(18)26/h3-12H,13-14H2,1-2H3,(H,27,29)(H,28,30). The molecule has 160 valence electrons. The van der Waals surface area contributed by atoms with Crippen molar-refractivity contribution in [3.63, 3.8) is 0 Å². The van der Waals surface area contributed by atoms with Crippen LogP contribution in [0.25, 0.3) is 0 Å². The second-order valence-corrected chi connectivity index (χ2v) is 7.79. The topological polar surface area (TPSA) is 67.4 Å². The van der Waals surface area contributed by atoms with Gasteiger partial charge in [0.05, 0.1) is 10.0 Å². The van der Waals surface area contributed by atoms with E-state index in [-0.39, 0.29) is 25.0 Å². The molecule has 0 aliphatic rings. The summed E-state index contributed by atoms with van der Waals surface area (Å²) in [6.45, 7) is 4.05. The van der Waals surface area contributed by atoms with Crippen molar-refractivity contribution in [2.75, 3.05) is 11.9 Å². The summed E-state index contributed by atoms with van der Waals surface area (Å²) in [6.07, 6.45) is 0. The van der Waals surface area contributed by atoms with E-state index in [0.29, 0.717) is 21.4 Å². The van der Waals surface area contributed by atoms with E-state index in [4.69, 9.17) is 27.9 Å². The van der Waals surface area contributed by atoms with E-state index in [1.54, 1.807) is 42.5 Å². The van der Waals surface area contributed by atoms with Crippen molar-refractivity contribution in [2.24, 2.45) is 0 Å². The Labute approximate surface area is 191 Å². The molecule has 2 N–H and O–H groups in total. The first-order valence-corrected chi connectivity index (χ1v) is 10.4. The van der Waals surface area contributed by atoms with Crippen molar-refractivity contribution in [3.8, 4) is 5.75 Å². The molecule has 2 amide bonds. The van der Waals surface area contributed by atoms with Crippen LogP contribution in [0.1, 0.15) is 27.0 Å². The van der Waals surface area contributed by atoms with Gasteiger partial charge in [0.25, 0.3) is 11.8 Å². The molecular formula is C24H22Cl2N2O3. The van der Waals surface area contributed by atoms with Crippen LogP contribution in [-0.4, -0.2) is 18.4 Å². The number of hydrogen-bond acceptors (Lipinski definition) is 3. The van der Waals surface area contributed by atoms with Crippen LogP contribution < -0.4 is 15.4 Å². The number of hydrogen-bond donors (Lipinski definition) is 2. The Hall–Kier alpha value is -3.02. The summed E-state index contributed by atoms with van der Waals surface area (Å²) in [5, 5.41) is 6.50. The lowest BCUT2D eigenvalue weighted by Crippen LogP contribution is -2.28. The highest BCUT2D eigenvalue weighted by atomic mass is 35.5. The first-order valence-electron chi connectivity index (χ1n) is 9.65. The molecule has 5 nitrogen and oxygen atoms in total. The summed E-state index contributed by atoms with van der Waals surface area (Å²) in [5.41, 5.74) is 4.13. The Kier molecular flexibility index (Phi) is 7.55. The molecule has 0 saturated heterocycles. The number of carbonyl (C=O) groups excluding carboxylic acids is 2. The zero-order chi connectivity index (χ0) is 22.4. The molecule has 0 fully saturated rings. The van der Waals surface area contributed by atoms with Crippen molar-refractivity contribution in [1.82, 2.24) is 5.32 Å².